The first kappa shape index (κ1) is 16.2. The number of hydrogen-bond acceptors (Lipinski definition) is 6. The number of carbonyl (C=O) groups is 1. The zero-order chi connectivity index (χ0) is 16.2. The molecule has 126 valence electrons. The maximum atomic E-state index is 11.7. The number of esters is 1. The fraction of sp³-hybridized carbons (Fsp3) is 0.706. The molecule has 0 bridgehead atoms. The Labute approximate surface area is 137 Å². The van der Waals surface area contributed by atoms with Gasteiger partial charge in [0.1, 0.15) is 0 Å². The van der Waals surface area contributed by atoms with Crippen molar-refractivity contribution < 1.29 is 9.53 Å². The van der Waals surface area contributed by atoms with Crippen LogP contribution in [0.2, 0.25) is 0 Å². The third-order valence-corrected chi connectivity index (χ3v) is 4.93. The number of ether oxygens (including phenoxy) is 1. The molecule has 0 spiro atoms. The van der Waals surface area contributed by atoms with Crippen molar-refractivity contribution in [3.05, 3.63) is 17.5 Å². The zero-order valence-electron chi connectivity index (χ0n) is 14.1. The van der Waals surface area contributed by atoms with Gasteiger partial charge in [0.25, 0.3) is 0 Å². The van der Waals surface area contributed by atoms with Crippen molar-refractivity contribution in [1.82, 2.24) is 14.9 Å². The fourth-order valence-corrected chi connectivity index (χ4v) is 3.64. The first-order valence-electron chi connectivity index (χ1n) is 8.60. The molecule has 1 aromatic rings. The molecular weight excluding hydrogens is 292 g/mol. The highest BCUT2D eigenvalue weighted by Crippen LogP contribution is 2.24. The molecule has 0 aromatic carbocycles. The molecule has 3 rings (SSSR count). The molecule has 2 heterocycles. The largest absolute Gasteiger partial charge is 0.464 e. The van der Waals surface area contributed by atoms with E-state index in [1.54, 1.807) is 6.07 Å². The summed E-state index contributed by atoms with van der Waals surface area (Å²) in [5.74, 6) is 0.242. The summed E-state index contributed by atoms with van der Waals surface area (Å²) in [6.07, 6.45) is 6.81. The van der Waals surface area contributed by atoms with E-state index in [2.05, 4.69) is 19.8 Å². The average molecular weight is 318 g/mol. The predicted octanol–water partition coefficient (Wildman–Crippen LogP) is 2.03. The molecule has 1 aliphatic heterocycles. The summed E-state index contributed by atoms with van der Waals surface area (Å²) in [4.78, 5) is 25.4. The fourth-order valence-electron chi connectivity index (χ4n) is 3.64. The van der Waals surface area contributed by atoms with Gasteiger partial charge in [0, 0.05) is 37.9 Å². The van der Waals surface area contributed by atoms with E-state index in [4.69, 9.17) is 4.74 Å². The van der Waals surface area contributed by atoms with Gasteiger partial charge in [-0.1, -0.05) is 19.3 Å². The van der Waals surface area contributed by atoms with Gasteiger partial charge in [-0.2, -0.15) is 0 Å². The molecule has 1 saturated heterocycles. The Morgan fingerprint density at radius 1 is 1.13 bits per heavy atom. The van der Waals surface area contributed by atoms with Gasteiger partial charge in [-0.25, -0.2) is 14.8 Å². The summed E-state index contributed by atoms with van der Waals surface area (Å²) in [5, 5.41) is 0. The monoisotopic (exact) mass is 318 g/mol. The van der Waals surface area contributed by atoms with Crippen molar-refractivity contribution in [2.45, 2.75) is 45.1 Å². The molecule has 0 unspecified atom stereocenters. The van der Waals surface area contributed by atoms with Crippen LogP contribution < -0.4 is 4.90 Å². The van der Waals surface area contributed by atoms with Gasteiger partial charge in [-0.15, -0.1) is 0 Å². The van der Waals surface area contributed by atoms with Gasteiger partial charge in [-0.3, -0.25) is 4.90 Å². The van der Waals surface area contributed by atoms with Crippen LogP contribution in [-0.2, 0) is 4.74 Å². The van der Waals surface area contributed by atoms with Crippen LogP contribution in [0.5, 0.6) is 0 Å². The van der Waals surface area contributed by atoms with Gasteiger partial charge in [0.2, 0.25) is 5.95 Å². The highest BCUT2D eigenvalue weighted by molar-refractivity contribution is 5.87. The molecule has 0 amide bonds. The zero-order valence-corrected chi connectivity index (χ0v) is 14.1. The first-order chi connectivity index (χ1) is 11.2. The first-order valence-corrected chi connectivity index (χ1v) is 8.60. The molecule has 1 aliphatic carbocycles. The maximum Gasteiger partial charge on any atom is 0.356 e. The summed E-state index contributed by atoms with van der Waals surface area (Å²) in [6, 6.07) is 2.43. The minimum atomic E-state index is -0.405. The van der Waals surface area contributed by atoms with E-state index in [0.29, 0.717) is 11.6 Å². The molecular formula is C17H26N4O2. The number of aromatic nitrogens is 2. The van der Waals surface area contributed by atoms with Gasteiger partial charge < -0.3 is 9.64 Å². The second-order valence-corrected chi connectivity index (χ2v) is 6.50. The Kier molecular flexibility index (Phi) is 5.10. The summed E-state index contributed by atoms with van der Waals surface area (Å²) in [6.45, 7) is 5.82. The highest BCUT2D eigenvalue weighted by atomic mass is 16.5. The van der Waals surface area contributed by atoms with Crippen LogP contribution in [0.15, 0.2) is 6.07 Å². The van der Waals surface area contributed by atoms with Crippen LogP contribution >= 0.6 is 0 Å². The lowest BCUT2D eigenvalue weighted by atomic mass is 9.94. The van der Waals surface area contributed by atoms with Crippen LogP contribution in [0.4, 0.5) is 5.95 Å². The standard InChI is InChI=1S/C17H26N4O2/c1-13-12-15(16(22)23-2)19-17(18-13)21-10-8-20(9-11-21)14-6-4-3-5-7-14/h12,14H,3-11H2,1-2H3. The molecule has 2 fully saturated rings. The Morgan fingerprint density at radius 2 is 1.83 bits per heavy atom. The second kappa shape index (κ2) is 7.25. The Morgan fingerprint density at radius 3 is 2.48 bits per heavy atom. The van der Waals surface area contributed by atoms with Crippen LogP contribution in [0.25, 0.3) is 0 Å². The number of methoxy groups -OCH3 is 1. The number of rotatable bonds is 3. The SMILES string of the molecule is COC(=O)c1cc(C)nc(N2CCN(C3CCCCC3)CC2)n1. The lowest BCUT2D eigenvalue weighted by Crippen LogP contribution is -2.51. The van der Waals surface area contributed by atoms with E-state index < -0.39 is 5.97 Å². The van der Waals surface area contributed by atoms with Crippen LogP contribution in [-0.4, -0.2) is 60.2 Å². The molecule has 6 heteroatoms. The molecule has 0 N–H and O–H groups in total. The molecule has 6 nitrogen and oxygen atoms in total. The average Bonchev–Trinajstić information content (AvgIpc) is 2.61. The van der Waals surface area contributed by atoms with Crippen molar-refractivity contribution in [3.8, 4) is 0 Å². The molecule has 23 heavy (non-hydrogen) atoms. The van der Waals surface area contributed by atoms with E-state index >= 15 is 0 Å². The van der Waals surface area contributed by atoms with Crippen LogP contribution in [0.1, 0.15) is 48.3 Å². The van der Waals surface area contributed by atoms with Crippen molar-refractivity contribution in [2.75, 3.05) is 38.2 Å². The number of aryl methyl sites for hydroxylation is 1. The lowest BCUT2D eigenvalue weighted by molar-refractivity contribution is 0.0593. The third kappa shape index (κ3) is 3.80. The minimum Gasteiger partial charge on any atom is -0.464 e. The predicted molar refractivity (Wildman–Crippen MR) is 88.8 cm³/mol. The van der Waals surface area contributed by atoms with Gasteiger partial charge in [0.15, 0.2) is 5.69 Å². The number of hydrogen-bond donors (Lipinski definition) is 0. The van der Waals surface area contributed by atoms with Gasteiger partial charge >= 0.3 is 5.97 Å². The van der Waals surface area contributed by atoms with Gasteiger partial charge in [-0.05, 0) is 25.8 Å². The van der Waals surface area contributed by atoms with Gasteiger partial charge in [0.05, 0.1) is 7.11 Å². The van der Waals surface area contributed by atoms with Crippen molar-refractivity contribution in [3.63, 3.8) is 0 Å². The molecule has 0 atom stereocenters. The number of nitrogens with zero attached hydrogens (tertiary/aromatic N) is 4. The normalized spacial score (nSPS) is 20.5. The summed E-state index contributed by atoms with van der Waals surface area (Å²) in [7, 11) is 1.38. The Balaban J connectivity index is 1.65. The van der Waals surface area contributed by atoms with Crippen molar-refractivity contribution in [1.29, 1.82) is 0 Å². The van der Waals surface area contributed by atoms with Crippen molar-refractivity contribution >= 4 is 11.9 Å². The number of carbonyl (C=O) groups excluding carboxylic acids is 1. The minimum absolute atomic E-state index is 0.338. The van der Waals surface area contributed by atoms with E-state index in [0.717, 1.165) is 37.9 Å². The van der Waals surface area contributed by atoms with Crippen LogP contribution in [0.3, 0.4) is 0 Å². The second-order valence-electron chi connectivity index (χ2n) is 6.50. The Hall–Kier alpha value is -1.69. The lowest BCUT2D eigenvalue weighted by Gasteiger charge is -2.40. The van der Waals surface area contributed by atoms with E-state index in [9.17, 15) is 4.79 Å². The maximum absolute atomic E-state index is 11.7. The van der Waals surface area contributed by atoms with E-state index in [-0.39, 0.29) is 0 Å². The van der Waals surface area contributed by atoms with Crippen LogP contribution in [0, 0.1) is 6.92 Å². The summed E-state index contributed by atoms with van der Waals surface area (Å²) < 4.78 is 4.77. The summed E-state index contributed by atoms with van der Waals surface area (Å²) in [5.41, 5.74) is 1.13. The Bertz CT molecular complexity index is 550. The molecule has 1 saturated carbocycles. The third-order valence-electron chi connectivity index (χ3n) is 4.93. The van der Waals surface area contributed by atoms with E-state index in [1.807, 2.05) is 6.92 Å². The number of anilines is 1. The topological polar surface area (TPSA) is 58.6 Å². The smallest absolute Gasteiger partial charge is 0.356 e. The number of piperazine rings is 1. The van der Waals surface area contributed by atoms with Crippen molar-refractivity contribution in [2.24, 2.45) is 0 Å². The summed E-state index contributed by atoms with van der Waals surface area (Å²) >= 11 is 0. The highest BCUT2D eigenvalue weighted by Gasteiger charge is 2.26. The molecule has 0 radical (unpaired) electrons. The quantitative estimate of drug-likeness (QED) is 0.795. The van der Waals surface area contributed by atoms with E-state index in [1.165, 1.54) is 39.2 Å². The molecule has 1 aromatic heterocycles. The molecule has 2 aliphatic rings.